The highest BCUT2D eigenvalue weighted by Crippen LogP contribution is 2.21. The van der Waals surface area contributed by atoms with E-state index in [1.807, 2.05) is 30.3 Å². The monoisotopic (exact) mass is 284 g/mol. The number of rotatable bonds is 2. The molecule has 0 atom stereocenters. The van der Waals surface area contributed by atoms with Crippen molar-refractivity contribution in [2.24, 2.45) is 4.99 Å². The van der Waals surface area contributed by atoms with Crippen LogP contribution >= 0.6 is 11.6 Å². The molecule has 2 aromatic rings. The molecule has 20 heavy (non-hydrogen) atoms. The van der Waals surface area contributed by atoms with Crippen molar-refractivity contribution in [3.05, 3.63) is 70.6 Å². The molecule has 0 saturated carbocycles. The van der Waals surface area contributed by atoms with Gasteiger partial charge in [0, 0.05) is 17.3 Å². The van der Waals surface area contributed by atoms with Crippen molar-refractivity contribution < 1.29 is 9.53 Å². The van der Waals surface area contributed by atoms with Gasteiger partial charge in [-0.1, -0.05) is 35.9 Å². The van der Waals surface area contributed by atoms with Crippen LogP contribution in [0.5, 0.6) is 0 Å². The first kappa shape index (κ1) is 12.6. The van der Waals surface area contributed by atoms with Crippen molar-refractivity contribution in [2.75, 3.05) is 0 Å². The molecule has 1 aromatic heterocycles. The second kappa shape index (κ2) is 5.27. The maximum Gasteiger partial charge on any atom is 0.363 e. The average molecular weight is 285 g/mol. The summed E-state index contributed by atoms with van der Waals surface area (Å²) in [6.07, 6.45) is 3.14. The average Bonchev–Trinajstić information content (AvgIpc) is 2.84. The molecule has 0 aliphatic carbocycles. The van der Waals surface area contributed by atoms with Crippen LogP contribution in [0.3, 0.4) is 0 Å². The van der Waals surface area contributed by atoms with Gasteiger partial charge in [-0.05, 0) is 24.3 Å². The molecule has 0 unspecified atom stereocenters. The van der Waals surface area contributed by atoms with Crippen LogP contribution in [0.15, 0.2) is 59.4 Å². The summed E-state index contributed by atoms with van der Waals surface area (Å²) in [4.78, 5) is 19.9. The lowest BCUT2D eigenvalue weighted by Crippen LogP contribution is -2.04. The van der Waals surface area contributed by atoms with Crippen LogP contribution in [0.2, 0.25) is 5.15 Å². The van der Waals surface area contributed by atoms with Gasteiger partial charge < -0.3 is 4.74 Å². The van der Waals surface area contributed by atoms with Gasteiger partial charge >= 0.3 is 5.97 Å². The van der Waals surface area contributed by atoms with Gasteiger partial charge in [0.2, 0.25) is 5.90 Å². The first-order chi connectivity index (χ1) is 9.74. The first-order valence-electron chi connectivity index (χ1n) is 5.92. The fraction of sp³-hybridized carbons (Fsp3) is 0. The largest absolute Gasteiger partial charge is 0.402 e. The molecule has 3 rings (SSSR count). The van der Waals surface area contributed by atoms with Crippen LogP contribution in [-0.4, -0.2) is 16.9 Å². The maximum absolute atomic E-state index is 11.8. The summed E-state index contributed by atoms with van der Waals surface area (Å²) in [6.45, 7) is 0. The fourth-order valence-corrected chi connectivity index (χ4v) is 1.94. The van der Waals surface area contributed by atoms with E-state index < -0.39 is 5.97 Å². The molecule has 0 saturated heterocycles. The van der Waals surface area contributed by atoms with Gasteiger partial charge in [0.05, 0.1) is 0 Å². The Morgan fingerprint density at radius 2 is 1.90 bits per heavy atom. The Morgan fingerprint density at radius 3 is 2.65 bits per heavy atom. The molecule has 5 heteroatoms. The van der Waals surface area contributed by atoms with Crippen LogP contribution in [0.4, 0.5) is 0 Å². The standard InChI is InChI=1S/C15H9ClN2O2/c16-13-11(7-4-8-17-13)9-12-15(19)20-14(18-12)10-5-2-1-3-6-10/h1-9H. The lowest BCUT2D eigenvalue weighted by atomic mass is 10.2. The summed E-state index contributed by atoms with van der Waals surface area (Å²) in [5.41, 5.74) is 1.58. The van der Waals surface area contributed by atoms with Gasteiger partial charge in [-0.25, -0.2) is 14.8 Å². The predicted molar refractivity (Wildman–Crippen MR) is 76.3 cm³/mol. The SMILES string of the molecule is O=C1OC(c2ccccc2)=NC1=Cc1cccnc1Cl. The van der Waals surface area contributed by atoms with Crippen molar-refractivity contribution in [1.82, 2.24) is 4.98 Å². The molecule has 98 valence electrons. The molecule has 1 aliphatic rings. The van der Waals surface area contributed by atoms with Gasteiger partial charge in [-0.15, -0.1) is 0 Å². The van der Waals surface area contributed by atoms with E-state index in [1.165, 1.54) is 0 Å². The molecule has 0 amide bonds. The van der Waals surface area contributed by atoms with Gasteiger partial charge in [0.1, 0.15) is 5.15 Å². The molecule has 1 aromatic carbocycles. The number of ether oxygens (including phenoxy) is 1. The molecule has 0 bridgehead atoms. The first-order valence-corrected chi connectivity index (χ1v) is 6.30. The van der Waals surface area contributed by atoms with E-state index >= 15 is 0 Å². The Balaban J connectivity index is 1.97. The topological polar surface area (TPSA) is 51.5 Å². The van der Waals surface area contributed by atoms with Gasteiger partial charge in [0.25, 0.3) is 0 Å². The number of nitrogens with zero attached hydrogens (tertiary/aromatic N) is 2. The quantitative estimate of drug-likeness (QED) is 0.484. The second-order valence-corrected chi connectivity index (χ2v) is 4.44. The van der Waals surface area contributed by atoms with Gasteiger partial charge in [0.15, 0.2) is 5.70 Å². The zero-order valence-corrected chi connectivity index (χ0v) is 11.0. The van der Waals surface area contributed by atoms with Crippen LogP contribution in [-0.2, 0) is 9.53 Å². The minimum absolute atomic E-state index is 0.207. The minimum atomic E-state index is -0.497. The Bertz CT molecular complexity index is 724. The molecule has 0 N–H and O–H groups in total. The van der Waals surface area contributed by atoms with E-state index in [9.17, 15) is 4.79 Å². The summed E-state index contributed by atoms with van der Waals surface area (Å²) in [6, 6.07) is 12.7. The number of aromatic nitrogens is 1. The number of hydrogen-bond acceptors (Lipinski definition) is 4. The van der Waals surface area contributed by atoms with Gasteiger partial charge in [-0.2, -0.15) is 0 Å². The summed E-state index contributed by atoms with van der Waals surface area (Å²) >= 11 is 5.95. The van der Waals surface area contributed by atoms with Crippen molar-refractivity contribution in [3.63, 3.8) is 0 Å². The number of esters is 1. The summed E-state index contributed by atoms with van der Waals surface area (Å²) in [5, 5.41) is 0.316. The van der Waals surface area contributed by atoms with Crippen LogP contribution in [0.1, 0.15) is 11.1 Å². The minimum Gasteiger partial charge on any atom is -0.402 e. The van der Waals surface area contributed by atoms with Crippen molar-refractivity contribution in [2.45, 2.75) is 0 Å². The summed E-state index contributed by atoms with van der Waals surface area (Å²) in [5.74, 6) is -0.203. The van der Waals surface area contributed by atoms with E-state index in [4.69, 9.17) is 16.3 Å². The molecule has 0 fully saturated rings. The number of benzene rings is 1. The number of halogens is 1. The molecule has 2 heterocycles. The van der Waals surface area contributed by atoms with E-state index in [0.29, 0.717) is 16.6 Å². The second-order valence-electron chi connectivity index (χ2n) is 4.09. The number of carbonyl (C=O) groups excluding carboxylic acids is 1. The highest BCUT2D eigenvalue weighted by Gasteiger charge is 2.24. The summed E-state index contributed by atoms with van der Waals surface area (Å²) < 4.78 is 5.15. The van der Waals surface area contributed by atoms with Gasteiger partial charge in [-0.3, -0.25) is 0 Å². The molecule has 0 radical (unpaired) electrons. The molecular weight excluding hydrogens is 276 g/mol. The normalized spacial score (nSPS) is 16.1. The smallest absolute Gasteiger partial charge is 0.363 e. The van der Waals surface area contributed by atoms with E-state index in [1.54, 1.807) is 24.4 Å². The third kappa shape index (κ3) is 2.46. The predicted octanol–water partition coefficient (Wildman–Crippen LogP) is 3.08. The highest BCUT2D eigenvalue weighted by molar-refractivity contribution is 6.31. The lowest BCUT2D eigenvalue weighted by Gasteiger charge is -1.97. The molecular formula is C15H9ClN2O2. The maximum atomic E-state index is 11.8. The lowest BCUT2D eigenvalue weighted by molar-refractivity contribution is -0.129. The van der Waals surface area contributed by atoms with E-state index in [0.717, 1.165) is 5.56 Å². The fourth-order valence-electron chi connectivity index (χ4n) is 1.77. The Morgan fingerprint density at radius 1 is 1.10 bits per heavy atom. The van der Waals surface area contributed by atoms with Crippen LogP contribution < -0.4 is 0 Å². The number of hydrogen-bond donors (Lipinski definition) is 0. The third-order valence-electron chi connectivity index (χ3n) is 2.72. The summed E-state index contributed by atoms with van der Waals surface area (Å²) in [7, 11) is 0. The van der Waals surface area contributed by atoms with Crippen molar-refractivity contribution in [1.29, 1.82) is 0 Å². The molecule has 0 spiro atoms. The zero-order valence-electron chi connectivity index (χ0n) is 10.3. The third-order valence-corrected chi connectivity index (χ3v) is 3.04. The van der Waals surface area contributed by atoms with E-state index in [2.05, 4.69) is 9.98 Å². The number of carbonyl (C=O) groups is 1. The number of cyclic esters (lactones) is 1. The molecule has 4 nitrogen and oxygen atoms in total. The van der Waals surface area contributed by atoms with Crippen LogP contribution in [0, 0.1) is 0 Å². The highest BCUT2D eigenvalue weighted by atomic mass is 35.5. The van der Waals surface area contributed by atoms with Crippen molar-refractivity contribution in [3.8, 4) is 0 Å². The van der Waals surface area contributed by atoms with Crippen molar-refractivity contribution >= 4 is 29.5 Å². The number of aliphatic imine (C=N–C) groups is 1. The Hall–Kier alpha value is -2.46. The number of pyridine rings is 1. The zero-order chi connectivity index (χ0) is 13.9. The van der Waals surface area contributed by atoms with E-state index in [-0.39, 0.29) is 5.70 Å². The molecule has 1 aliphatic heterocycles. The Labute approximate surface area is 120 Å². The van der Waals surface area contributed by atoms with Crippen LogP contribution in [0.25, 0.3) is 6.08 Å². The Kier molecular flexibility index (Phi) is 3.31.